The molecule has 0 bridgehead atoms. The molecule has 1 heterocycles. The predicted octanol–water partition coefficient (Wildman–Crippen LogP) is 2.92. The van der Waals surface area contributed by atoms with Gasteiger partial charge in [-0.15, -0.1) is 11.3 Å². The van der Waals surface area contributed by atoms with Crippen LogP contribution in [-0.4, -0.2) is 11.1 Å². The summed E-state index contributed by atoms with van der Waals surface area (Å²) < 4.78 is 12.5. The molecule has 0 aliphatic heterocycles. The molecule has 12 heavy (non-hydrogen) atoms. The van der Waals surface area contributed by atoms with Crippen molar-refractivity contribution >= 4 is 17.3 Å². The maximum Gasteiger partial charge on any atom is 0.348 e. The zero-order valence-corrected chi connectivity index (χ0v) is 8.04. The van der Waals surface area contributed by atoms with E-state index in [9.17, 15) is 9.18 Å². The molecule has 0 spiro atoms. The van der Waals surface area contributed by atoms with Crippen LogP contribution in [0, 0.1) is 12.7 Å². The zero-order chi connectivity index (χ0) is 9.72. The van der Waals surface area contributed by atoms with Gasteiger partial charge in [-0.1, -0.05) is 13.8 Å². The lowest BCUT2D eigenvalue weighted by Gasteiger charge is -1.83. The van der Waals surface area contributed by atoms with Gasteiger partial charge in [0.25, 0.3) is 0 Å². The first-order chi connectivity index (χ1) is 5.61. The molecule has 0 radical (unpaired) electrons. The van der Waals surface area contributed by atoms with Crippen molar-refractivity contribution in [3.05, 3.63) is 21.6 Å². The Morgan fingerprint density at radius 1 is 1.58 bits per heavy atom. The first kappa shape index (κ1) is 11.1. The molecule has 0 aliphatic carbocycles. The molecule has 0 aliphatic rings. The first-order valence-electron chi connectivity index (χ1n) is 3.60. The highest BCUT2D eigenvalue weighted by atomic mass is 32.1. The third-order valence-corrected chi connectivity index (χ3v) is 2.02. The maximum atomic E-state index is 12.5. The van der Waals surface area contributed by atoms with E-state index in [4.69, 9.17) is 5.11 Å². The molecule has 1 N–H and O–H groups in total. The van der Waals surface area contributed by atoms with Crippen LogP contribution in [0.25, 0.3) is 0 Å². The number of thiophene rings is 1. The smallest absolute Gasteiger partial charge is 0.348 e. The van der Waals surface area contributed by atoms with E-state index in [-0.39, 0.29) is 4.88 Å². The molecule has 0 aromatic carbocycles. The third kappa shape index (κ3) is 2.62. The normalized spacial score (nSPS) is 8.67. The SMILES string of the molecule is CC.Cc1cc(F)c(C(=O)O)s1. The van der Waals surface area contributed by atoms with Gasteiger partial charge in [0.05, 0.1) is 0 Å². The molecular weight excluding hydrogens is 179 g/mol. The van der Waals surface area contributed by atoms with Crippen molar-refractivity contribution in [1.82, 2.24) is 0 Å². The molecule has 68 valence electrons. The van der Waals surface area contributed by atoms with Crippen LogP contribution in [0.3, 0.4) is 0 Å². The summed E-state index contributed by atoms with van der Waals surface area (Å²) in [6.07, 6.45) is 0. The fraction of sp³-hybridized carbons (Fsp3) is 0.375. The Bertz CT molecular complexity index is 268. The van der Waals surface area contributed by atoms with Crippen LogP contribution in [0.5, 0.6) is 0 Å². The lowest BCUT2D eigenvalue weighted by molar-refractivity contribution is 0.0697. The molecule has 1 aromatic heterocycles. The molecular formula is C8H11FO2S. The Labute approximate surface area is 74.7 Å². The van der Waals surface area contributed by atoms with E-state index in [1.54, 1.807) is 6.92 Å². The molecule has 0 amide bonds. The monoisotopic (exact) mass is 190 g/mol. The van der Waals surface area contributed by atoms with E-state index in [1.165, 1.54) is 6.07 Å². The Kier molecular flexibility index (Phi) is 4.51. The molecule has 0 saturated heterocycles. The Hall–Kier alpha value is -0.900. The summed E-state index contributed by atoms with van der Waals surface area (Å²) in [5.41, 5.74) is 0. The number of hydrogen-bond acceptors (Lipinski definition) is 2. The van der Waals surface area contributed by atoms with Crippen LogP contribution in [0.1, 0.15) is 28.4 Å². The van der Waals surface area contributed by atoms with Crippen molar-refractivity contribution in [2.75, 3.05) is 0 Å². The number of carboxylic acids is 1. The van der Waals surface area contributed by atoms with Gasteiger partial charge in [0, 0.05) is 4.88 Å². The van der Waals surface area contributed by atoms with Crippen LogP contribution in [0.2, 0.25) is 0 Å². The molecule has 0 unspecified atom stereocenters. The summed E-state index contributed by atoms with van der Waals surface area (Å²) in [6.45, 7) is 5.67. The van der Waals surface area contributed by atoms with Crippen molar-refractivity contribution in [2.45, 2.75) is 20.8 Å². The fourth-order valence-corrected chi connectivity index (χ4v) is 1.36. The fourth-order valence-electron chi connectivity index (χ4n) is 0.629. The number of hydrogen-bond donors (Lipinski definition) is 1. The lowest BCUT2D eigenvalue weighted by Crippen LogP contribution is -1.93. The molecule has 1 rings (SSSR count). The van der Waals surface area contributed by atoms with Gasteiger partial charge in [-0.3, -0.25) is 0 Å². The van der Waals surface area contributed by atoms with Gasteiger partial charge in [-0.05, 0) is 13.0 Å². The van der Waals surface area contributed by atoms with E-state index in [2.05, 4.69) is 0 Å². The number of rotatable bonds is 1. The highest BCUT2D eigenvalue weighted by Gasteiger charge is 2.12. The average molecular weight is 190 g/mol. The number of aryl methyl sites for hydroxylation is 1. The second-order valence-corrected chi connectivity index (χ2v) is 3.10. The van der Waals surface area contributed by atoms with Gasteiger partial charge in [0.1, 0.15) is 10.7 Å². The van der Waals surface area contributed by atoms with E-state index >= 15 is 0 Å². The molecule has 0 saturated carbocycles. The van der Waals surface area contributed by atoms with Crippen molar-refractivity contribution < 1.29 is 14.3 Å². The summed E-state index contributed by atoms with van der Waals surface area (Å²) in [4.78, 5) is 10.7. The Balaban J connectivity index is 0.000000561. The number of halogens is 1. The molecule has 0 atom stereocenters. The average Bonchev–Trinajstić information content (AvgIpc) is 2.34. The van der Waals surface area contributed by atoms with Crippen LogP contribution in [0.4, 0.5) is 4.39 Å². The second-order valence-electron chi connectivity index (χ2n) is 1.84. The summed E-state index contributed by atoms with van der Waals surface area (Å²) in [5, 5.41) is 8.35. The predicted molar refractivity (Wildman–Crippen MR) is 47.3 cm³/mol. The Morgan fingerprint density at radius 2 is 2.08 bits per heavy atom. The minimum Gasteiger partial charge on any atom is -0.477 e. The summed E-state index contributed by atoms with van der Waals surface area (Å²) in [5.74, 6) is -1.84. The van der Waals surface area contributed by atoms with Crippen LogP contribution >= 0.6 is 11.3 Å². The molecule has 4 heteroatoms. The first-order valence-corrected chi connectivity index (χ1v) is 4.42. The number of aromatic carboxylic acids is 1. The summed E-state index contributed by atoms with van der Waals surface area (Å²) >= 11 is 0.948. The van der Waals surface area contributed by atoms with Gasteiger partial charge in [-0.2, -0.15) is 0 Å². The quantitative estimate of drug-likeness (QED) is 0.739. The van der Waals surface area contributed by atoms with Crippen LogP contribution in [0.15, 0.2) is 6.07 Å². The van der Waals surface area contributed by atoms with Gasteiger partial charge in [0.2, 0.25) is 0 Å². The van der Waals surface area contributed by atoms with E-state index in [0.29, 0.717) is 4.88 Å². The minimum absolute atomic E-state index is 0.211. The minimum atomic E-state index is -1.20. The molecule has 0 fully saturated rings. The largest absolute Gasteiger partial charge is 0.477 e. The van der Waals surface area contributed by atoms with Gasteiger partial charge in [-0.25, -0.2) is 9.18 Å². The summed E-state index contributed by atoms with van der Waals surface area (Å²) in [6, 6.07) is 1.22. The highest BCUT2D eigenvalue weighted by molar-refractivity contribution is 7.13. The maximum absolute atomic E-state index is 12.5. The third-order valence-electron chi connectivity index (χ3n) is 1.00. The zero-order valence-electron chi connectivity index (χ0n) is 7.22. The number of carboxylic acid groups (broad SMARTS) is 1. The Morgan fingerprint density at radius 3 is 2.25 bits per heavy atom. The number of carbonyl (C=O) groups is 1. The topological polar surface area (TPSA) is 37.3 Å². The van der Waals surface area contributed by atoms with Crippen LogP contribution < -0.4 is 0 Å². The van der Waals surface area contributed by atoms with Gasteiger partial charge >= 0.3 is 5.97 Å². The van der Waals surface area contributed by atoms with E-state index in [0.717, 1.165) is 11.3 Å². The van der Waals surface area contributed by atoms with Crippen molar-refractivity contribution in [3.63, 3.8) is 0 Å². The van der Waals surface area contributed by atoms with E-state index in [1.807, 2.05) is 13.8 Å². The lowest BCUT2D eigenvalue weighted by atomic mass is 10.4. The van der Waals surface area contributed by atoms with Crippen molar-refractivity contribution in [3.8, 4) is 0 Å². The van der Waals surface area contributed by atoms with Crippen molar-refractivity contribution in [1.29, 1.82) is 0 Å². The standard InChI is InChI=1S/C6H5FO2S.C2H6/c1-3-2-4(7)5(10-3)6(8)9;1-2/h2H,1H3,(H,8,9);1-2H3. The van der Waals surface area contributed by atoms with Gasteiger partial charge < -0.3 is 5.11 Å². The van der Waals surface area contributed by atoms with Crippen LogP contribution in [-0.2, 0) is 0 Å². The van der Waals surface area contributed by atoms with E-state index < -0.39 is 11.8 Å². The summed E-state index contributed by atoms with van der Waals surface area (Å²) in [7, 11) is 0. The molecule has 1 aromatic rings. The second kappa shape index (κ2) is 4.87. The van der Waals surface area contributed by atoms with Crippen molar-refractivity contribution in [2.24, 2.45) is 0 Å². The highest BCUT2D eigenvalue weighted by Crippen LogP contribution is 2.19. The molecule has 2 nitrogen and oxygen atoms in total. The van der Waals surface area contributed by atoms with Gasteiger partial charge in [0.15, 0.2) is 0 Å².